The number of rotatable bonds is 1. The van der Waals surface area contributed by atoms with Gasteiger partial charge in [0, 0.05) is 13.6 Å². The Morgan fingerprint density at radius 1 is 1.75 bits per heavy atom. The standard InChI is InChI=1S/C7H13FN2O2/c1-10(7(11)12)6-2-3-9-4-5(6)8/h5-6,9H,2-4H2,1H3,(H,11,12)/t5-,6-/m1/s1. The van der Waals surface area contributed by atoms with Crippen LogP contribution < -0.4 is 5.32 Å². The molecule has 0 spiro atoms. The second-order valence-corrected chi connectivity index (χ2v) is 2.97. The number of carbonyl (C=O) groups is 1. The van der Waals surface area contributed by atoms with E-state index in [0.29, 0.717) is 13.0 Å². The maximum atomic E-state index is 13.1. The molecule has 1 fully saturated rings. The molecular formula is C7H13FN2O2. The quantitative estimate of drug-likeness (QED) is 0.604. The maximum absolute atomic E-state index is 13.1. The molecule has 0 aromatic carbocycles. The second-order valence-electron chi connectivity index (χ2n) is 2.97. The van der Waals surface area contributed by atoms with Crippen molar-refractivity contribution >= 4 is 6.09 Å². The number of alkyl halides is 1. The molecule has 0 aliphatic carbocycles. The first-order valence-corrected chi connectivity index (χ1v) is 3.93. The number of amides is 1. The first-order valence-electron chi connectivity index (χ1n) is 3.93. The van der Waals surface area contributed by atoms with E-state index in [-0.39, 0.29) is 6.54 Å². The highest BCUT2D eigenvalue weighted by molar-refractivity contribution is 5.65. The van der Waals surface area contributed by atoms with Crippen LogP contribution in [0.1, 0.15) is 6.42 Å². The summed E-state index contributed by atoms with van der Waals surface area (Å²) in [6.45, 7) is 0.936. The number of nitrogens with zero attached hydrogens (tertiary/aromatic N) is 1. The van der Waals surface area contributed by atoms with E-state index >= 15 is 0 Å². The van der Waals surface area contributed by atoms with Gasteiger partial charge in [-0.05, 0) is 13.0 Å². The van der Waals surface area contributed by atoms with Crippen LogP contribution >= 0.6 is 0 Å². The summed E-state index contributed by atoms with van der Waals surface area (Å²) in [5.41, 5.74) is 0. The number of hydrogen-bond acceptors (Lipinski definition) is 2. The van der Waals surface area contributed by atoms with Gasteiger partial charge in [0.1, 0.15) is 6.17 Å². The molecule has 12 heavy (non-hydrogen) atoms. The predicted molar refractivity (Wildman–Crippen MR) is 42.0 cm³/mol. The van der Waals surface area contributed by atoms with Crippen LogP contribution in [-0.2, 0) is 0 Å². The zero-order valence-corrected chi connectivity index (χ0v) is 6.96. The van der Waals surface area contributed by atoms with Crippen LogP contribution in [0.2, 0.25) is 0 Å². The van der Waals surface area contributed by atoms with Crippen LogP contribution in [0.4, 0.5) is 9.18 Å². The molecule has 70 valence electrons. The minimum atomic E-state index is -1.08. The Kier molecular flexibility index (Phi) is 2.86. The summed E-state index contributed by atoms with van der Waals surface area (Å²) in [6, 6.07) is -0.483. The molecule has 0 unspecified atom stereocenters. The first-order chi connectivity index (χ1) is 5.63. The number of carboxylic acid groups (broad SMARTS) is 1. The molecule has 2 atom stereocenters. The Hall–Kier alpha value is -0.840. The van der Waals surface area contributed by atoms with Gasteiger partial charge in [-0.1, -0.05) is 0 Å². The highest BCUT2D eigenvalue weighted by Gasteiger charge is 2.30. The summed E-state index contributed by atoms with van der Waals surface area (Å²) in [7, 11) is 1.41. The molecule has 1 rings (SSSR count). The third kappa shape index (κ3) is 1.85. The minimum Gasteiger partial charge on any atom is -0.465 e. The van der Waals surface area contributed by atoms with Crippen molar-refractivity contribution in [3.63, 3.8) is 0 Å². The van der Waals surface area contributed by atoms with Gasteiger partial charge in [0.05, 0.1) is 6.04 Å². The average molecular weight is 176 g/mol. The number of piperidine rings is 1. The van der Waals surface area contributed by atoms with E-state index in [4.69, 9.17) is 5.11 Å². The Balaban J connectivity index is 2.53. The normalized spacial score (nSPS) is 29.8. The zero-order valence-electron chi connectivity index (χ0n) is 6.96. The van der Waals surface area contributed by atoms with Gasteiger partial charge < -0.3 is 15.3 Å². The summed E-state index contributed by atoms with van der Waals surface area (Å²) in [4.78, 5) is 11.5. The topological polar surface area (TPSA) is 52.6 Å². The monoisotopic (exact) mass is 176 g/mol. The van der Waals surface area contributed by atoms with Crippen molar-refractivity contribution in [2.75, 3.05) is 20.1 Å². The van der Waals surface area contributed by atoms with Crippen LogP contribution in [0, 0.1) is 0 Å². The lowest BCUT2D eigenvalue weighted by molar-refractivity contribution is 0.0894. The van der Waals surface area contributed by atoms with Crippen LogP contribution in [0.15, 0.2) is 0 Å². The summed E-state index contributed by atoms with van der Waals surface area (Å²) in [6.07, 6.45) is -1.60. The molecule has 0 bridgehead atoms. The smallest absolute Gasteiger partial charge is 0.407 e. The van der Waals surface area contributed by atoms with Gasteiger partial charge in [0.25, 0.3) is 0 Å². The number of nitrogens with one attached hydrogen (secondary N) is 1. The lowest BCUT2D eigenvalue weighted by Crippen LogP contribution is -2.51. The lowest BCUT2D eigenvalue weighted by atomic mass is 10.0. The van der Waals surface area contributed by atoms with Crippen molar-refractivity contribution in [1.29, 1.82) is 0 Å². The van der Waals surface area contributed by atoms with Gasteiger partial charge in [0.2, 0.25) is 0 Å². The molecule has 5 heteroatoms. The summed E-state index contributed by atoms with van der Waals surface area (Å²) < 4.78 is 13.1. The van der Waals surface area contributed by atoms with E-state index in [0.717, 1.165) is 4.90 Å². The average Bonchev–Trinajstić information content (AvgIpc) is 2.04. The molecule has 1 amide bonds. The minimum absolute atomic E-state index is 0.252. The van der Waals surface area contributed by atoms with Gasteiger partial charge >= 0.3 is 6.09 Å². The third-order valence-electron chi connectivity index (χ3n) is 2.17. The molecule has 1 saturated heterocycles. The molecule has 0 radical (unpaired) electrons. The summed E-state index contributed by atoms with van der Waals surface area (Å²) >= 11 is 0. The van der Waals surface area contributed by atoms with Crippen molar-refractivity contribution in [2.24, 2.45) is 0 Å². The van der Waals surface area contributed by atoms with Crippen LogP contribution in [0.3, 0.4) is 0 Å². The molecule has 0 aromatic heterocycles. The van der Waals surface area contributed by atoms with E-state index in [1.54, 1.807) is 0 Å². The van der Waals surface area contributed by atoms with Crippen molar-refractivity contribution < 1.29 is 14.3 Å². The van der Waals surface area contributed by atoms with Crippen molar-refractivity contribution in [2.45, 2.75) is 18.6 Å². The van der Waals surface area contributed by atoms with Crippen LogP contribution in [0.5, 0.6) is 0 Å². The Morgan fingerprint density at radius 3 is 2.92 bits per heavy atom. The number of hydrogen-bond donors (Lipinski definition) is 2. The van der Waals surface area contributed by atoms with Crippen molar-refractivity contribution in [3.05, 3.63) is 0 Å². The second kappa shape index (κ2) is 3.71. The van der Waals surface area contributed by atoms with Crippen LogP contribution in [-0.4, -0.2) is 48.5 Å². The first kappa shape index (κ1) is 9.25. The highest BCUT2D eigenvalue weighted by atomic mass is 19.1. The van der Waals surface area contributed by atoms with E-state index in [2.05, 4.69) is 5.32 Å². The van der Waals surface area contributed by atoms with Gasteiger partial charge in [-0.3, -0.25) is 0 Å². The lowest BCUT2D eigenvalue weighted by Gasteiger charge is -2.32. The van der Waals surface area contributed by atoms with E-state index < -0.39 is 18.3 Å². The summed E-state index contributed by atoms with van der Waals surface area (Å²) in [5.74, 6) is 0. The molecule has 1 aliphatic heterocycles. The molecule has 0 saturated carbocycles. The van der Waals surface area contributed by atoms with E-state index in [1.807, 2.05) is 0 Å². The fourth-order valence-corrected chi connectivity index (χ4v) is 1.38. The maximum Gasteiger partial charge on any atom is 0.407 e. The van der Waals surface area contributed by atoms with Gasteiger partial charge in [-0.2, -0.15) is 0 Å². The van der Waals surface area contributed by atoms with Crippen molar-refractivity contribution in [3.8, 4) is 0 Å². The molecule has 0 aromatic rings. The SMILES string of the molecule is CN(C(=O)O)[C@@H]1CCNC[C@H]1F. The Labute approximate surface area is 70.4 Å². The summed E-state index contributed by atoms with van der Waals surface area (Å²) in [5, 5.41) is 11.5. The Bertz CT molecular complexity index is 177. The molecule has 1 heterocycles. The van der Waals surface area contributed by atoms with Crippen molar-refractivity contribution in [1.82, 2.24) is 10.2 Å². The van der Waals surface area contributed by atoms with Gasteiger partial charge in [-0.15, -0.1) is 0 Å². The van der Waals surface area contributed by atoms with Crippen LogP contribution in [0.25, 0.3) is 0 Å². The van der Waals surface area contributed by atoms with E-state index in [1.165, 1.54) is 7.05 Å². The number of halogens is 1. The molecule has 2 N–H and O–H groups in total. The fourth-order valence-electron chi connectivity index (χ4n) is 1.38. The fraction of sp³-hybridized carbons (Fsp3) is 0.857. The molecule has 4 nitrogen and oxygen atoms in total. The van der Waals surface area contributed by atoms with Gasteiger partial charge in [-0.25, -0.2) is 9.18 Å². The van der Waals surface area contributed by atoms with Gasteiger partial charge in [0.15, 0.2) is 0 Å². The Morgan fingerprint density at radius 2 is 2.42 bits per heavy atom. The largest absolute Gasteiger partial charge is 0.465 e. The molecular weight excluding hydrogens is 163 g/mol. The molecule has 1 aliphatic rings. The third-order valence-corrected chi connectivity index (χ3v) is 2.17. The predicted octanol–water partition coefficient (Wildman–Crippen LogP) is 0.296. The van der Waals surface area contributed by atoms with E-state index in [9.17, 15) is 9.18 Å². The zero-order chi connectivity index (χ0) is 9.14. The highest BCUT2D eigenvalue weighted by Crippen LogP contribution is 2.13.